The molecule has 0 heterocycles. The van der Waals surface area contributed by atoms with Crippen LogP contribution in [-0.4, -0.2) is 49.5 Å². The molecule has 208 valence electrons. The van der Waals surface area contributed by atoms with Gasteiger partial charge in [-0.05, 0) is 62.2 Å². The smallest absolute Gasteiger partial charge is 0.244 e. The van der Waals surface area contributed by atoms with Crippen molar-refractivity contribution < 1.29 is 22.4 Å². The number of carbonyl (C=O) groups excluding carboxylic acids is 2. The Kier molecular flexibility index (Phi) is 9.90. The lowest BCUT2D eigenvalue weighted by Crippen LogP contribution is -2.56. The van der Waals surface area contributed by atoms with E-state index in [4.69, 9.17) is 0 Å². The van der Waals surface area contributed by atoms with E-state index in [0.29, 0.717) is 0 Å². The molecular formula is C29H33BrFN3O4S. The van der Waals surface area contributed by atoms with Crippen molar-refractivity contribution in [2.24, 2.45) is 0 Å². The van der Waals surface area contributed by atoms with Gasteiger partial charge in [0.1, 0.15) is 18.4 Å². The third kappa shape index (κ3) is 9.18. The Bertz CT molecular complexity index is 1410. The number of nitrogens with zero attached hydrogens (tertiary/aromatic N) is 2. The fraction of sp³-hybridized carbons (Fsp3) is 0.310. The van der Waals surface area contributed by atoms with Gasteiger partial charge in [-0.1, -0.05) is 64.5 Å². The maximum Gasteiger partial charge on any atom is 0.244 e. The summed E-state index contributed by atoms with van der Waals surface area (Å²) in [5.74, 6) is -1.60. The van der Waals surface area contributed by atoms with E-state index in [1.807, 2.05) is 75.4 Å². The Morgan fingerprint density at radius 3 is 2.18 bits per heavy atom. The molecule has 3 rings (SSSR count). The van der Waals surface area contributed by atoms with Crippen LogP contribution >= 0.6 is 15.9 Å². The van der Waals surface area contributed by atoms with E-state index in [2.05, 4.69) is 21.2 Å². The van der Waals surface area contributed by atoms with Gasteiger partial charge in [-0.3, -0.25) is 13.9 Å². The summed E-state index contributed by atoms with van der Waals surface area (Å²) in [5.41, 5.74) is 1.03. The van der Waals surface area contributed by atoms with Crippen molar-refractivity contribution in [2.75, 3.05) is 17.1 Å². The van der Waals surface area contributed by atoms with Crippen molar-refractivity contribution in [1.29, 1.82) is 0 Å². The molecule has 0 bridgehead atoms. The molecule has 10 heteroatoms. The van der Waals surface area contributed by atoms with Gasteiger partial charge < -0.3 is 10.2 Å². The third-order valence-corrected chi connectivity index (χ3v) is 7.42. The first-order valence-electron chi connectivity index (χ1n) is 12.4. The molecule has 7 nitrogen and oxygen atoms in total. The summed E-state index contributed by atoms with van der Waals surface area (Å²) in [6.07, 6.45) is 1.17. The molecule has 0 aliphatic carbocycles. The Labute approximate surface area is 238 Å². The summed E-state index contributed by atoms with van der Waals surface area (Å²) < 4.78 is 41.1. The van der Waals surface area contributed by atoms with Gasteiger partial charge in [0, 0.05) is 23.0 Å². The fourth-order valence-corrected chi connectivity index (χ4v) is 5.37. The summed E-state index contributed by atoms with van der Waals surface area (Å²) in [4.78, 5) is 29.0. The van der Waals surface area contributed by atoms with E-state index >= 15 is 0 Å². The molecule has 1 atom stereocenters. The number of amides is 2. The standard InChI is InChI=1S/C29H33BrFN3O4S/c1-29(2,3)32-28(36)26(17-21-10-6-5-7-11-21)33(19-22-12-8-13-23(30)16-22)27(35)20-34(39(4,37)38)25-15-9-14-24(31)18-25/h5-16,18,26H,17,19-20H2,1-4H3,(H,32,36)/t26-/m1/s1. The lowest BCUT2D eigenvalue weighted by Gasteiger charge is -2.35. The molecule has 0 saturated heterocycles. The molecular weight excluding hydrogens is 585 g/mol. The monoisotopic (exact) mass is 617 g/mol. The summed E-state index contributed by atoms with van der Waals surface area (Å²) in [5, 5.41) is 2.97. The lowest BCUT2D eigenvalue weighted by molar-refractivity contribution is -0.140. The number of halogens is 2. The van der Waals surface area contributed by atoms with E-state index in [9.17, 15) is 22.4 Å². The van der Waals surface area contributed by atoms with Crippen molar-refractivity contribution in [1.82, 2.24) is 10.2 Å². The van der Waals surface area contributed by atoms with Crippen molar-refractivity contribution in [3.8, 4) is 0 Å². The van der Waals surface area contributed by atoms with Crippen molar-refractivity contribution in [2.45, 2.75) is 45.3 Å². The summed E-state index contributed by atoms with van der Waals surface area (Å²) in [6.45, 7) is 4.99. The maximum absolute atomic E-state index is 14.0. The highest BCUT2D eigenvalue weighted by atomic mass is 79.9. The van der Waals surface area contributed by atoms with E-state index in [0.717, 1.165) is 32.2 Å². The summed E-state index contributed by atoms with van der Waals surface area (Å²) in [7, 11) is -3.97. The maximum atomic E-state index is 14.0. The molecule has 3 aromatic rings. The third-order valence-electron chi connectivity index (χ3n) is 5.79. The van der Waals surface area contributed by atoms with Crippen LogP contribution in [0.3, 0.4) is 0 Å². The van der Waals surface area contributed by atoms with Crippen molar-refractivity contribution >= 4 is 43.5 Å². The van der Waals surface area contributed by atoms with E-state index < -0.39 is 39.9 Å². The average Bonchev–Trinajstić information content (AvgIpc) is 2.83. The molecule has 0 saturated carbocycles. The lowest BCUT2D eigenvalue weighted by atomic mass is 10.0. The molecule has 0 aliphatic heterocycles. The van der Waals surface area contributed by atoms with Gasteiger partial charge in [0.2, 0.25) is 21.8 Å². The van der Waals surface area contributed by atoms with E-state index in [1.165, 1.54) is 23.1 Å². The van der Waals surface area contributed by atoms with Crippen LogP contribution in [0, 0.1) is 5.82 Å². The fourth-order valence-electron chi connectivity index (χ4n) is 4.08. The highest BCUT2D eigenvalue weighted by molar-refractivity contribution is 9.10. The van der Waals surface area contributed by atoms with Crippen LogP contribution in [0.5, 0.6) is 0 Å². The molecule has 0 spiro atoms. The van der Waals surface area contributed by atoms with Crippen LogP contribution < -0.4 is 9.62 Å². The second-order valence-corrected chi connectivity index (χ2v) is 13.2. The van der Waals surface area contributed by atoms with Crippen LogP contribution in [0.1, 0.15) is 31.9 Å². The largest absolute Gasteiger partial charge is 0.350 e. The predicted octanol–water partition coefficient (Wildman–Crippen LogP) is 4.91. The number of sulfonamides is 1. The van der Waals surface area contributed by atoms with Crippen LogP contribution in [0.2, 0.25) is 0 Å². The van der Waals surface area contributed by atoms with E-state index in [1.54, 1.807) is 0 Å². The van der Waals surface area contributed by atoms with Gasteiger partial charge in [-0.15, -0.1) is 0 Å². The van der Waals surface area contributed by atoms with Gasteiger partial charge in [-0.25, -0.2) is 12.8 Å². The highest BCUT2D eigenvalue weighted by Gasteiger charge is 2.34. The first-order valence-corrected chi connectivity index (χ1v) is 15.0. The number of anilines is 1. The van der Waals surface area contributed by atoms with Gasteiger partial charge in [-0.2, -0.15) is 0 Å². The zero-order chi connectivity index (χ0) is 28.8. The number of carbonyl (C=O) groups is 2. The minimum absolute atomic E-state index is 0.0204. The molecule has 0 aromatic heterocycles. The Morgan fingerprint density at radius 2 is 1.59 bits per heavy atom. The van der Waals surface area contributed by atoms with Gasteiger partial charge in [0.15, 0.2) is 0 Å². The molecule has 0 radical (unpaired) electrons. The minimum Gasteiger partial charge on any atom is -0.350 e. The quantitative estimate of drug-likeness (QED) is 0.350. The van der Waals surface area contributed by atoms with Crippen LogP contribution in [0.25, 0.3) is 0 Å². The Balaban J connectivity index is 2.08. The minimum atomic E-state index is -3.97. The number of rotatable bonds is 10. The summed E-state index contributed by atoms with van der Waals surface area (Å²) in [6, 6.07) is 20.7. The van der Waals surface area contributed by atoms with Gasteiger partial charge >= 0.3 is 0 Å². The zero-order valence-electron chi connectivity index (χ0n) is 22.4. The molecule has 39 heavy (non-hydrogen) atoms. The molecule has 0 unspecified atom stereocenters. The molecule has 1 N–H and O–H groups in total. The second kappa shape index (κ2) is 12.7. The second-order valence-electron chi connectivity index (χ2n) is 10.3. The SMILES string of the molecule is CC(C)(C)NC(=O)[C@@H](Cc1ccccc1)N(Cc1cccc(Br)c1)C(=O)CN(c1cccc(F)c1)S(C)(=O)=O. The number of hydrogen-bond donors (Lipinski definition) is 1. The first-order chi connectivity index (χ1) is 18.2. The number of nitrogens with one attached hydrogen (secondary N) is 1. The number of hydrogen-bond acceptors (Lipinski definition) is 4. The normalized spacial score (nSPS) is 12.5. The summed E-state index contributed by atoms with van der Waals surface area (Å²) >= 11 is 3.45. The average molecular weight is 619 g/mol. The van der Waals surface area contributed by atoms with Crippen LogP contribution in [0.15, 0.2) is 83.3 Å². The van der Waals surface area contributed by atoms with Gasteiger partial charge in [0.25, 0.3) is 0 Å². The van der Waals surface area contributed by atoms with Crippen molar-refractivity contribution in [3.63, 3.8) is 0 Å². The predicted molar refractivity (Wildman–Crippen MR) is 155 cm³/mol. The number of benzene rings is 3. The van der Waals surface area contributed by atoms with E-state index in [-0.39, 0.29) is 24.6 Å². The van der Waals surface area contributed by atoms with Crippen LogP contribution in [-0.2, 0) is 32.6 Å². The Hall–Kier alpha value is -3.24. The first kappa shape index (κ1) is 30.3. The Morgan fingerprint density at radius 1 is 0.949 bits per heavy atom. The van der Waals surface area contributed by atoms with Crippen LogP contribution in [0.4, 0.5) is 10.1 Å². The van der Waals surface area contributed by atoms with Crippen molar-refractivity contribution in [3.05, 3.63) is 100 Å². The topological polar surface area (TPSA) is 86.8 Å². The highest BCUT2D eigenvalue weighted by Crippen LogP contribution is 2.22. The molecule has 0 fully saturated rings. The zero-order valence-corrected chi connectivity index (χ0v) is 24.8. The van der Waals surface area contributed by atoms with Gasteiger partial charge in [0.05, 0.1) is 11.9 Å². The molecule has 2 amide bonds. The molecule has 3 aromatic carbocycles. The molecule has 0 aliphatic rings.